The molecule has 0 bridgehead atoms. The van der Waals surface area contributed by atoms with Gasteiger partial charge in [-0.05, 0) is 42.4 Å². The highest BCUT2D eigenvalue weighted by molar-refractivity contribution is 9.10. The molecule has 1 atom stereocenters. The minimum absolute atomic E-state index is 0.290. The Balaban J connectivity index is 2.15. The molecule has 4 heteroatoms. The first-order valence-corrected chi connectivity index (χ1v) is 7.62. The zero-order valence-corrected chi connectivity index (χ0v) is 13.0. The van der Waals surface area contributed by atoms with Crippen molar-refractivity contribution >= 4 is 27.5 Å². The standard InChI is InChI=1S/C14H20BrClN2/c1-14(6-2-3-7-14)13(18-17)8-10-4-5-11(15)9-12(10)16/h4-5,9,13,18H,2-3,6-8,17H2,1H3. The molecule has 0 aromatic heterocycles. The molecule has 0 aliphatic heterocycles. The largest absolute Gasteiger partial charge is 0.271 e. The number of hydrogen-bond donors (Lipinski definition) is 2. The lowest BCUT2D eigenvalue weighted by Crippen LogP contribution is -2.47. The molecule has 1 aromatic carbocycles. The van der Waals surface area contributed by atoms with Gasteiger partial charge in [0.2, 0.25) is 0 Å². The third-order valence-electron chi connectivity index (χ3n) is 4.23. The summed E-state index contributed by atoms with van der Waals surface area (Å²) in [6.45, 7) is 2.33. The minimum atomic E-state index is 0.290. The van der Waals surface area contributed by atoms with Crippen LogP contribution in [-0.2, 0) is 6.42 Å². The first kappa shape index (κ1) is 14.3. The first-order valence-electron chi connectivity index (χ1n) is 6.45. The fourth-order valence-electron chi connectivity index (χ4n) is 2.94. The van der Waals surface area contributed by atoms with Crippen molar-refractivity contribution < 1.29 is 0 Å². The molecule has 0 radical (unpaired) electrons. The fourth-order valence-corrected chi connectivity index (χ4v) is 3.70. The van der Waals surface area contributed by atoms with E-state index in [1.807, 2.05) is 12.1 Å². The maximum atomic E-state index is 6.28. The first-order chi connectivity index (χ1) is 8.55. The smallest absolute Gasteiger partial charge is 0.0449 e. The summed E-state index contributed by atoms with van der Waals surface area (Å²) in [6, 6.07) is 6.35. The van der Waals surface area contributed by atoms with Gasteiger partial charge < -0.3 is 0 Å². The molecule has 18 heavy (non-hydrogen) atoms. The van der Waals surface area contributed by atoms with E-state index in [-0.39, 0.29) is 0 Å². The van der Waals surface area contributed by atoms with Gasteiger partial charge in [-0.15, -0.1) is 0 Å². The summed E-state index contributed by atoms with van der Waals surface area (Å²) in [5.41, 5.74) is 4.46. The zero-order valence-electron chi connectivity index (χ0n) is 10.7. The van der Waals surface area contributed by atoms with Crippen LogP contribution in [0.25, 0.3) is 0 Å². The number of hydrazine groups is 1. The Bertz CT molecular complexity index is 416. The SMILES string of the molecule is CC1(C(Cc2ccc(Br)cc2Cl)NN)CCCC1. The second-order valence-electron chi connectivity index (χ2n) is 5.52. The lowest BCUT2D eigenvalue weighted by molar-refractivity contribution is 0.221. The molecule has 1 saturated carbocycles. The molecule has 0 amide bonds. The number of benzene rings is 1. The third-order valence-corrected chi connectivity index (χ3v) is 5.07. The van der Waals surface area contributed by atoms with Gasteiger partial charge in [-0.25, -0.2) is 0 Å². The Hall–Kier alpha value is -0.0900. The van der Waals surface area contributed by atoms with Crippen LogP contribution in [0.15, 0.2) is 22.7 Å². The van der Waals surface area contributed by atoms with Gasteiger partial charge in [0.05, 0.1) is 0 Å². The third kappa shape index (κ3) is 3.08. The molecule has 1 aromatic rings. The lowest BCUT2D eigenvalue weighted by Gasteiger charge is -2.34. The average molecular weight is 332 g/mol. The number of rotatable bonds is 4. The number of nitrogens with two attached hydrogens (primary N) is 1. The van der Waals surface area contributed by atoms with Crippen LogP contribution in [-0.4, -0.2) is 6.04 Å². The maximum absolute atomic E-state index is 6.28. The highest BCUT2D eigenvalue weighted by atomic mass is 79.9. The van der Waals surface area contributed by atoms with Crippen molar-refractivity contribution in [2.24, 2.45) is 11.3 Å². The van der Waals surface area contributed by atoms with Crippen LogP contribution in [0.3, 0.4) is 0 Å². The van der Waals surface area contributed by atoms with Crippen LogP contribution in [0.5, 0.6) is 0 Å². The van der Waals surface area contributed by atoms with Crippen LogP contribution in [0, 0.1) is 5.41 Å². The summed E-state index contributed by atoms with van der Waals surface area (Å²) in [4.78, 5) is 0. The molecule has 1 fully saturated rings. The van der Waals surface area contributed by atoms with Gasteiger partial charge in [-0.1, -0.05) is 53.4 Å². The molecule has 1 aliphatic rings. The normalized spacial score (nSPS) is 20.0. The van der Waals surface area contributed by atoms with Crippen LogP contribution in [0.4, 0.5) is 0 Å². The Morgan fingerprint density at radius 3 is 2.67 bits per heavy atom. The number of hydrogen-bond acceptors (Lipinski definition) is 2. The lowest BCUT2D eigenvalue weighted by atomic mass is 9.78. The molecule has 2 nitrogen and oxygen atoms in total. The van der Waals surface area contributed by atoms with E-state index in [1.165, 1.54) is 25.7 Å². The number of nitrogens with one attached hydrogen (secondary N) is 1. The van der Waals surface area contributed by atoms with E-state index in [2.05, 4.69) is 34.3 Å². The van der Waals surface area contributed by atoms with E-state index in [1.54, 1.807) is 0 Å². The highest BCUT2D eigenvalue weighted by Gasteiger charge is 2.36. The van der Waals surface area contributed by atoms with Crippen molar-refractivity contribution in [3.8, 4) is 0 Å². The van der Waals surface area contributed by atoms with E-state index in [9.17, 15) is 0 Å². The van der Waals surface area contributed by atoms with E-state index in [0.29, 0.717) is 11.5 Å². The molecule has 1 aliphatic carbocycles. The van der Waals surface area contributed by atoms with E-state index >= 15 is 0 Å². The monoisotopic (exact) mass is 330 g/mol. The molecule has 0 saturated heterocycles. The fraction of sp³-hybridized carbons (Fsp3) is 0.571. The van der Waals surface area contributed by atoms with Gasteiger partial charge in [0, 0.05) is 15.5 Å². The van der Waals surface area contributed by atoms with Gasteiger partial charge in [0.25, 0.3) is 0 Å². The van der Waals surface area contributed by atoms with Crippen molar-refractivity contribution in [1.29, 1.82) is 0 Å². The van der Waals surface area contributed by atoms with E-state index in [0.717, 1.165) is 21.5 Å². The van der Waals surface area contributed by atoms with Gasteiger partial charge in [-0.2, -0.15) is 0 Å². The molecular formula is C14H20BrClN2. The quantitative estimate of drug-likeness (QED) is 0.645. The average Bonchev–Trinajstić information content (AvgIpc) is 2.76. The Labute approximate surface area is 122 Å². The van der Waals surface area contributed by atoms with Gasteiger partial charge in [-0.3, -0.25) is 11.3 Å². The maximum Gasteiger partial charge on any atom is 0.0449 e. The van der Waals surface area contributed by atoms with Crippen LogP contribution in [0.1, 0.15) is 38.2 Å². The van der Waals surface area contributed by atoms with E-state index in [4.69, 9.17) is 17.4 Å². The van der Waals surface area contributed by atoms with Crippen molar-refractivity contribution in [2.75, 3.05) is 0 Å². The molecule has 2 rings (SSSR count). The van der Waals surface area contributed by atoms with Crippen LogP contribution < -0.4 is 11.3 Å². The summed E-state index contributed by atoms with van der Waals surface area (Å²) in [7, 11) is 0. The van der Waals surface area contributed by atoms with Gasteiger partial charge >= 0.3 is 0 Å². The number of halogens is 2. The predicted octanol–water partition coefficient (Wildman–Crippen LogP) is 4.06. The molecule has 0 heterocycles. The summed E-state index contributed by atoms with van der Waals surface area (Å²) in [6.07, 6.45) is 6.00. The summed E-state index contributed by atoms with van der Waals surface area (Å²) < 4.78 is 1.01. The van der Waals surface area contributed by atoms with Crippen molar-refractivity contribution in [3.63, 3.8) is 0 Å². The van der Waals surface area contributed by atoms with Crippen LogP contribution >= 0.6 is 27.5 Å². The van der Waals surface area contributed by atoms with Crippen molar-refractivity contribution in [2.45, 2.75) is 45.1 Å². The Morgan fingerprint density at radius 2 is 2.11 bits per heavy atom. The molecule has 1 unspecified atom stereocenters. The molecule has 100 valence electrons. The van der Waals surface area contributed by atoms with E-state index < -0.39 is 0 Å². The second-order valence-corrected chi connectivity index (χ2v) is 6.84. The zero-order chi connectivity index (χ0) is 13.2. The van der Waals surface area contributed by atoms with Crippen molar-refractivity contribution in [3.05, 3.63) is 33.3 Å². The minimum Gasteiger partial charge on any atom is -0.271 e. The Kier molecular flexibility index (Phi) is 4.70. The summed E-state index contributed by atoms with van der Waals surface area (Å²) in [5, 5.41) is 0.811. The van der Waals surface area contributed by atoms with Gasteiger partial charge in [0.15, 0.2) is 0 Å². The summed E-state index contributed by atoms with van der Waals surface area (Å²) in [5.74, 6) is 5.76. The van der Waals surface area contributed by atoms with Crippen molar-refractivity contribution in [1.82, 2.24) is 5.43 Å². The Morgan fingerprint density at radius 1 is 1.44 bits per heavy atom. The highest BCUT2D eigenvalue weighted by Crippen LogP contribution is 2.41. The topological polar surface area (TPSA) is 38.0 Å². The molecule has 3 N–H and O–H groups in total. The molecular weight excluding hydrogens is 312 g/mol. The van der Waals surface area contributed by atoms with Gasteiger partial charge in [0.1, 0.15) is 0 Å². The summed E-state index contributed by atoms with van der Waals surface area (Å²) >= 11 is 9.72. The molecule has 0 spiro atoms. The van der Waals surface area contributed by atoms with Crippen LogP contribution in [0.2, 0.25) is 5.02 Å². The second kappa shape index (κ2) is 5.91. The predicted molar refractivity (Wildman–Crippen MR) is 80.5 cm³/mol.